The van der Waals surface area contributed by atoms with E-state index in [2.05, 4.69) is 61.7 Å². The Kier molecular flexibility index (Phi) is 3.98. The molecule has 1 aliphatic rings. The molecular weight excluding hydrogens is 368 g/mol. The molecule has 6 heteroatoms. The molecule has 1 aromatic heterocycles. The number of aromatic nitrogens is 3. The number of halogens is 1. The van der Waals surface area contributed by atoms with Crippen LogP contribution in [0.5, 0.6) is 5.75 Å². The molecule has 0 spiro atoms. The third kappa shape index (κ3) is 2.78. The van der Waals surface area contributed by atoms with Crippen molar-refractivity contribution < 1.29 is 4.74 Å². The molecule has 4 rings (SSSR count). The number of nitrogens with one attached hydrogen (secondary N) is 1. The van der Waals surface area contributed by atoms with Crippen LogP contribution in [-0.2, 0) is 0 Å². The standard InChI is InChI=1S/C18H17BrN4O/c1-24-15-7-3-4-12(9-15)16-10-17(13-5-2-6-14(19)8-13)23-18(22-16)20-11-21-23/h2-9,11,16-17H,10H2,1H3,(H,20,21,22)/t16-,17-/m1/s1. The van der Waals surface area contributed by atoms with Crippen LogP contribution in [0.4, 0.5) is 5.95 Å². The maximum absolute atomic E-state index is 5.36. The SMILES string of the molecule is COc1cccc([C@H]2C[C@H](c3cccc(Br)c3)n3ncnc3N2)c1. The summed E-state index contributed by atoms with van der Waals surface area (Å²) in [7, 11) is 1.69. The molecule has 2 heterocycles. The maximum atomic E-state index is 5.36. The molecule has 2 atom stereocenters. The van der Waals surface area contributed by atoms with E-state index < -0.39 is 0 Å². The average molecular weight is 385 g/mol. The van der Waals surface area contributed by atoms with Crippen molar-refractivity contribution >= 4 is 21.9 Å². The first-order valence-electron chi connectivity index (χ1n) is 7.80. The number of anilines is 1. The molecular formula is C18H17BrN4O. The number of hydrogen-bond acceptors (Lipinski definition) is 4. The topological polar surface area (TPSA) is 52.0 Å². The molecule has 1 N–H and O–H groups in total. The number of fused-ring (bicyclic) bond motifs is 1. The fraction of sp³-hybridized carbons (Fsp3) is 0.222. The highest BCUT2D eigenvalue weighted by atomic mass is 79.9. The Morgan fingerprint density at radius 3 is 2.83 bits per heavy atom. The lowest BCUT2D eigenvalue weighted by Crippen LogP contribution is -2.28. The van der Waals surface area contributed by atoms with E-state index >= 15 is 0 Å². The third-order valence-corrected chi connectivity index (χ3v) is 4.85. The van der Waals surface area contributed by atoms with Crippen molar-refractivity contribution in [1.29, 1.82) is 0 Å². The molecule has 122 valence electrons. The fourth-order valence-corrected chi connectivity index (χ4v) is 3.61. The number of benzene rings is 2. The predicted octanol–water partition coefficient (Wildman–Crippen LogP) is 4.20. The zero-order valence-electron chi connectivity index (χ0n) is 13.2. The molecule has 0 fully saturated rings. The number of methoxy groups -OCH3 is 1. The molecule has 2 aromatic carbocycles. The van der Waals surface area contributed by atoms with E-state index in [4.69, 9.17) is 4.74 Å². The quantitative estimate of drug-likeness (QED) is 0.735. The van der Waals surface area contributed by atoms with Crippen LogP contribution in [0.2, 0.25) is 0 Å². The van der Waals surface area contributed by atoms with Crippen molar-refractivity contribution in [3.8, 4) is 5.75 Å². The summed E-state index contributed by atoms with van der Waals surface area (Å²) in [5, 5.41) is 7.89. The molecule has 0 saturated heterocycles. The van der Waals surface area contributed by atoms with Crippen LogP contribution in [0, 0.1) is 0 Å². The highest BCUT2D eigenvalue weighted by Crippen LogP contribution is 2.38. The lowest BCUT2D eigenvalue weighted by molar-refractivity contribution is 0.410. The largest absolute Gasteiger partial charge is 0.497 e. The van der Waals surface area contributed by atoms with Crippen molar-refractivity contribution in [2.24, 2.45) is 0 Å². The van der Waals surface area contributed by atoms with Gasteiger partial charge in [-0.2, -0.15) is 10.1 Å². The van der Waals surface area contributed by atoms with Crippen LogP contribution < -0.4 is 10.1 Å². The van der Waals surface area contributed by atoms with Crippen molar-refractivity contribution in [3.05, 3.63) is 70.5 Å². The molecule has 0 radical (unpaired) electrons. The van der Waals surface area contributed by atoms with Crippen LogP contribution in [0.25, 0.3) is 0 Å². The van der Waals surface area contributed by atoms with Crippen LogP contribution in [0.15, 0.2) is 59.3 Å². The minimum atomic E-state index is 0.137. The second-order valence-corrected chi connectivity index (χ2v) is 6.72. The van der Waals surface area contributed by atoms with Gasteiger partial charge < -0.3 is 10.1 Å². The highest BCUT2D eigenvalue weighted by Gasteiger charge is 2.30. The summed E-state index contributed by atoms with van der Waals surface area (Å²) in [4.78, 5) is 4.37. The van der Waals surface area contributed by atoms with E-state index in [1.807, 2.05) is 22.9 Å². The zero-order chi connectivity index (χ0) is 16.5. The Labute approximate surface area is 148 Å². The molecule has 1 aliphatic heterocycles. The van der Waals surface area contributed by atoms with E-state index in [1.54, 1.807) is 13.4 Å². The van der Waals surface area contributed by atoms with E-state index in [1.165, 1.54) is 11.1 Å². The number of rotatable bonds is 3. The van der Waals surface area contributed by atoms with Gasteiger partial charge in [0.15, 0.2) is 0 Å². The summed E-state index contributed by atoms with van der Waals surface area (Å²) in [6, 6.07) is 16.8. The molecule has 24 heavy (non-hydrogen) atoms. The van der Waals surface area contributed by atoms with Crippen molar-refractivity contribution in [1.82, 2.24) is 14.8 Å². The highest BCUT2D eigenvalue weighted by molar-refractivity contribution is 9.10. The molecule has 0 aliphatic carbocycles. The normalized spacial score (nSPS) is 19.4. The summed E-state index contributed by atoms with van der Waals surface area (Å²) in [6.45, 7) is 0. The predicted molar refractivity (Wildman–Crippen MR) is 96.3 cm³/mol. The first-order valence-corrected chi connectivity index (χ1v) is 8.59. The van der Waals surface area contributed by atoms with Crippen molar-refractivity contribution in [3.63, 3.8) is 0 Å². The van der Waals surface area contributed by atoms with Crippen LogP contribution in [0.3, 0.4) is 0 Å². The van der Waals surface area contributed by atoms with Gasteiger partial charge in [-0.15, -0.1) is 0 Å². The fourth-order valence-electron chi connectivity index (χ4n) is 3.19. The van der Waals surface area contributed by atoms with E-state index in [0.29, 0.717) is 0 Å². The van der Waals surface area contributed by atoms with E-state index in [9.17, 15) is 0 Å². The molecule has 0 bridgehead atoms. The average Bonchev–Trinajstić information content (AvgIpc) is 3.09. The van der Waals surface area contributed by atoms with E-state index in [0.717, 1.165) is 22.6 Å². The zero-order valence-corrected chi connectivity index (χ0v) is 14.8. The summed E-state index contributed by atoms with van der Waals surface area (Å²) >= 11 is 3.56. The van der Waals surface area contributed by atoms with Gasteiger partial charge in [0.1, 0.15) is 12.1 Å². The molecule has 0 amide bonds. The van der Waals surface area contributed by atoms with Crippen LogP contribution >= 0.6 is 15.9 Å². The van der Waals surface area contributed by atoms with Gasteiger partial charge in [0, 0.05) is 4.47 Å². The summed E-state index contributed by atoms with van der Waals surface area (Å²) in [5.74, 6) is 1.65. The van der Waals surface area contributed by atoms with Gasteiger partial charge in [-0.1, -0.05) is 40.2 Å². The second-order valence-electron chi connectivity index (χ2n) is 5.81. The monoisotopic (exact) mass is 384 g/mol. The molecule has 0 saturated carbocycles. The molecule has 3 aromatic rings. The van der Waals surface area contributed by atoms with Gasteiger partial charge in [-0.3, -0.25) is 0 Å². The Morgan fingerprint density at radius 1 is 1.17 bits per heavy atom. The lowest BCUT2D eigenvalue weighted by atomic mass is 9.93. The summed E-state index contributed by atoms with van der Waals surface area (Å²) in [5.41, 5.74) is 2.40. The number of hydrogen-bond donors (Lipinski definition) is 1. The third-order valence-electron chi connectivity index (χ3n) is 4.36. The smallest absolute Gasteiger partial charge is 0.222 e. The Balaban J connectivity index is 1.73. The summed E-state index contributed by atoms with van der Waals surface area (Å²) in [6.07, 6.45) is 2.49. The second kappa shape index (κ2) is 6.28. The number of nitrogens with zero attached hydrogens (tertiary/aromatic N) is 3. The Bertz CT molecular complexity index is 863. The van der Waals surface area contributed by atoms with E-state index in [-0.39, 0.29) is 12.1 Å². The first-order chi connectivity index (χ1) is 11.7. The van der Waals surface area contributed by atoms with Crippen LogP contribution in [0.1, 0.15) is 29.6 Å². The maximum Gasteiger partial charge on any atom is 0.222 e. The first kappa shape index (κ1) is 15.2. The van der Waals surface area contributed by atoms with Gasteiger partial charge in [0.25, 0.3) is 0 Å². The van der Waals surface area contributed by atoms with Gasteiger partial charge in [0.2, 0.25) is 5.95 Å². The van der Waals surface area contributed by atoms with Gasteiger partial charge in [-0.25, -0.2) is 4.68 Å². The van der Waals surface area contributed by atoms with Gasteiger partial charge in [-0.05, 0) is 41.8 Å². The lowest BCUT2D eigenvalue weighted by Gasteiger charge is -2.32. The minimum Gasteiger partial charge on any atom is -0.497 e. The van der Waals surface area contributed by atoms with Gasteiger partial charge >= 0.3 is 0 Å². The Hall–Kier alpha value is -2.34. The Morgan fingerprint density at radius 2 is 2.00 bits per heavy atom. The van der Waals surface area contributed by atoms with Crippen molar-refractivity contribution in [2.75, 3.05) is 12.4 Å². The summed E-state index contributed by atoms with van der Waals surface area (Å²) < 4.78 is 8.38. The molecule has 5 nitrogen and oxygen atoms in total. The number of ether oxygens (including phenoxy) is 1. The van der Waals surface area contributed by atoms with Crippen LogP contribution in [-0.4, -0.2) is 21.9 Å². The molecule has 0 unspecified atom stereocenters. The van der Waals surface area contributed by atoms with Crippen molar-refractivity contribution in [2.45, 2.75) is 18.5 Å². The van der Waals surface area contributed by atoms with Gasteiger partial charge in [0.05, 0.1) is 19.2 Å². The minimum absolute atomic E-state index is 0.137.